The number of hydrogen-bond acceptors (Lipinski definition) is 5. The number of aromatic nitrogens is 1. The minimum atomic E-state index is -0.355. The minimum absolute atomic E-state index is 0. The van der Waals surface area contributed by atoms with Crippen molar-refractivity contribution >= 4 is 41.7 Å². The quantitative estimate of drug-likeness (QED) is 0.277. The summed E-state index contributed by atoms with van der Waals surface area (Å²) < 4.78 is 18.6. The maximum Gasteiger partial charge on any atom is 0.337 e. The van der Waals surface area contributed by atoms with Crippen LogP contribution in [0.1, 0.15) is 22.3 Å². The molecule has 0 aliphatic carbocycles. The van der Waals surface area contributed by atoms with Crippen LogP contribution in [0.5, 0.6) is 0 Å². The molecule has 0 radical (unpaired) electrons. The van der Waals surface area contributed by atoms with Crippen LogP contribution in [0.25, 0.3) is 0 Å². The second kappa shape index (κ2) is 10.9. The van der Waals surface area contributed by atoms with Crippen molar-refractivity contribution in [2.45, 2.75) is 19.0 Å². The number of carbonyl (C=O) groups excluding carboxylic acids is 1. The molecule has 0 bridgehead atoms. The Morgan fingerprint density at radius 2 is 2.10 bits per heavy atom. The topological polar surface area (TPSA) is 78.8 Å². The van der Waals surface area contributed by atoms with Gasteiger partial charge in [-0.25, -0.2) is 14.2 Å². The van der Waals surface area contributed by atoms with Crippen LogP contribution in [0, 0.1) is 5.82 Å². The summed E-state index contributed by atoms with van der Waals surface area (Å²) in [5.41, 5.74) is 1.53. The minimum Gasteiger partial charge on any atom is -0.465 e. The van der Waals surface area contributed by atoms with Gasteiger partial charge in [0, 0.05) is 38.9 Å². The Hall–Kier alpha value is -2.43. The van der Waals surface area contributed by atoms with Crippen LogP contribution in [0.4, 0.5) is 10.2 Å². The van der Waals surface area contributed by atoms with Crippen LogP contribution >= 0.6 is 24.0 Å². The van der Waals surface area contributed by atoms with Gasteiger partial charge in [0.2, 0.25) is 0 Å². The number of guanidine groups is 1. The van der Waals surface area contributed by atoms with Gasteiger partial charge in [0.05, 0.1) is 12.7 Å². The molecule has 1 saturated heterocycles. The lowest BCUT2D eigenvalue weighted by Crippen LogP contribution is -2.44. The zero-order valence-corrected chi connectivity index (χ0v) is 18.7. The maximum atomic E-state index is 13.9. The highest BCUT2D eigenvalue weighted by atomic mass is 127. The molecule has 9 heteroatoms. The van der Waals surface area contributed by atoms with Crippen LogP contribution < -0.4 is 15.5 Å². The maximum absolute atomic E-state index is 13.9. The van der Waals surface area contributed by atoms with E-state index in [1.54, 1.807) is 31.4 Å². The van der Waals surface area contributed by atoms with Crippen LogP contribution in [-0.4, -0.2) is 50.2 Å². The highest BCUT2D eigenvalue weighted by Gasteiger charge is 2.25. The number of pyridine rings is 1. The summed E-state index contributed by atoms with van der Waals surface area (Å²) in [6, 6.07) is 10.4. The van der Waals surface area contributed by atoms with Gasteiger partial charge >= 0.3 is 5.97 Å². The molecule has 156 valence electrons. The van der Waals surface area contributed by atoms with Crippen LogP contribution in [0.2, 0.25) is 0 Å². The number of carbonyl (C=O) groups is 1. The Balaban J connectivity index is 0.00000300. The number of benzene rings is 1. The highest BCUT2D eigenvalue weighted by molar-refractivity contribution is 14.0. The van der Waals surface area contributed by atoms with E-state index in [9.17, 15) is 9.18 Å². The largest absolute Gasteiger partial charge is 0.465 e. The number of nitrogens with zero attached hydrogens (tertiary/aromatic N) is 3. The van der Waals surface area contributed by atoms with E-state index in [1.165, 1.54) is 13.2 Å². The Kier molecular flexibility index (Phi) is 8.62. The summed E-state index contributed by atoms with van der Waals surface area (Å²) in [6.07, 6.45) is 2.47. The van der Waals surface area contributed by atoms with Gasteiger partial charge in [0.1, 0.15) is 0 Å². The first-order valence-corrected chi connectivity index (χ1v) is 9.10. The molecule has 1 fully saturated rings. The normalized spacial score (nSPS) is 16.2. The molecule has 1 aromatic heterocycles. The summed E-state index contributed by atoms with van der Waals surface area (Å²) in [7, 11) is 3.07. The lowest BCUT2D eigenvalue weighted by atomic mass is 10.1. The lowest BCUT2D eigenvalue weighted by Gasteiger charge is -2.20. The first kappa shape index (κ1) is 22.9. The first-order valence-electron chi connectivity index (χ1n) is 9.10. The number of hydrogen-bond donors (Lipinski definition) is 2. The third kappa shape index (κ3) is 6.02. The molecular weight excluding hydrogens is 488 g/mol. The van der Waals surface area contributed by atoms with E-state index in [4.69, 9.17) is 4.74 Å². The molecule has 2 heterocycles. The molecule has 29 heavy (non-hydrogen) atoms. The van der Waals surface area contributed by atoms with Crippen LogP contribution in [-0.2, 0) is 11.3 Å². The number of anilines is 1. The van der Waals surface area contributed by atoms with Crippen molar-refractivity contribution in [1.29, 1.82) is 0 Å². The fourth-order valence-electron chi connectivity index (χ4n) is 3.13. The van der Waals surface area contributed by atoms with Gasteiger partial charge in [-0.1, -0.05) is 12.1 Å². The fraction of sp³-hybridized carbons (Fsp3) is 0.350. The zero-order chi connectivity index (χ0) is 19.9. The molecule has 0 spiro atoms. The van der Waals surface area contributed by atoms with Gasteiger partial charge in [-0.2, -0.15) is 0 Å². The molecule has 7 nitrogen and oxygen atoms in total. The number of rotatable bonds is 5. The summed E-state index contributed by atoms with van der Waals surface area (Å²) in [6.45, 7) is 1.95. The molecule has 3 rings (SSSR count). The van der Waals surface area contributed by atoms with Gasteiger partial charge < -0.3 is 20.3 Å². The van der Waals surface area contributed by atoms with E-state index in [0.29, 0.717) is 30.4 Å². The van der Waals surface area contributed by atoms with Crippen molar-refractivity contribution in [3.8, 4) is 0 Å². The van der Waals surface area contributed by atoms with Crippen LogP contribution in [0.15, 0.2) is 47.6 Å². The zero-order valence-electron chi connectivity index (χ0n) is 16.4. The van der Waals surface area contributed by atoms with E-state index >= 15 is 0 Å². The summed E-state index contributed by atoms with van der Waals surface area (Å²) in [5, 5.41) is 6.62. The summed E-state index contributed by atoms with van der Waals surface area (Å²) >= 11 is 0. The molecule has 1 atom stereocenters. The Morgan fingerprint density at radius 1 is 1.34 bits per heavy atom. The van der Waals surface area contributed by atoms with Gasteiger partial charge in [0.25, 0.3) is 0 Å². The van der Waals surface area contributed by atoms with Gasteiger partial charge in [-0.15, -0.1) is 24.0 Å². The number of halogens is 2. The van der Waals surface area contributed by atoms with E-state index in [1.807, 2.05) is 17.0 Å². The molecule has 0 saturated carbocycles. The molecular formula is C20H25FIN5O2. The van der Waals surface area contributed by atoms with E-state index < -0.39 is 0 Å². The first-order chi connectivity index (χ1) is 13.6. The molecule has 1 aliphatic rings. The van der Waals surface area contributed by atoms with Crippen molar-refractivity contribution in [2.75, 3.05) is 32.1 Å². The predicted octanol–water partition coefficient (Wildman–Crippen LogP) is 2.57. The highest BCUT2D eigenvalue weighted by Crippen LogP contribution is 2.20. The number of methoxy groups -OCH3 is 1. The lowest BCUT2D eigenvalue weighted by molar-refractivity contribution is 0.0600. The standard InChI is InChI=1S/C20H24FN5O2.HI/c1-22-20(24-12-14-5-7-15(8-6-14)19(27)28-2)25-16-9-11-26(13-16)18-17(21)4-3-10-23-18;/h3-8,10,16H,9,11-13H2,1-2H3,(H2,22,24,25);1H. The molecule has 1 aromatic carbocycles. The van der Waals surface area contributed by atoms with Gasteiger partial charge in [-0.05, 0) is 36.2 Å². The van der Waals surface area contributed by atoms with E-state index in [-0.39, 0.29) is 41.8 Å². The molecule has 2 aromatic rings. The van der Waals surface area contributed by atoms with Gasteiger partial charge in [-0.3, -0.25) is 4.99 Å². The van der Waals surface area contributed by atoms with Crippen LogP contribution in [0.3, 0.4) is 0 Å². The number of esters is 1. The monoisotopic (exact) mass is 513 g/mol. The number of nitrogens with one attached hydrogen (secondary N) is 2. The van der Waals surface area contributed by atoms with Crippen molar-refractivity contribution < 1.29 is 13.9 Å². The second-order valence-electron chi connectivity index (χ2n) is 6.50. The Morgan fingerprint density at radius 3 is 2.76 bits per heavy atom. The molecule has 1 unspecified atom stereocenters. The molecule has 0 amide bonds. The average Bonchev–Trinajstić information content (AvgIpc) is 3.19. The van der Waals surface area contributed by atoms with Crippen molar-refractivity contribution in [2.24, 2.45) is 4.99 Å². The fourth-order valence-corrected chi connectivity index (χ4v) is 3.13. The average molecular weight is 513 g/mol. The summed E-state index contributed by atoms with van der Waals surface area (Å²) in [4.78, 5) is 21.8. The molecule has 1 aliphatic heterocycles. The predicted molar refractivity (Wildman–Crippen MR) is 121 cm³/mol. The summed E-state index contributed by atoms with van der Waals surface area (Å²) in [5.74, 6) is 0.402. The van der Waals surface area contributed by atoms with E-state index in [0.717, 1.165) is 18.5 Å². The van der Waals surface area contributed by atoms with Gasteiger partial charge in [0.15, 0.2) is 17.6 Å². The smallest absolute Gasteiger partial charge is 0.337 e. The second-order valence-corrected chi connectivity index (χ2v) is 6.50. The van der Waals surface area contributed by atoms with Crippen molar-refractivity contribution in [3.63, 3.8) is 0 Å². The molecule has 2 N–H and O–H groups in total. The van der Waals surface area contributed by atoms with E-state index in [2.05, 4.69) is 20.6 Å². The SMILES string of the molecule is CN=C(NCc1ccc(C(=O)OC)cc1)NC1CCN(c2ncccc2F)C1.I. The van der Waals surface area contributed by atoms with Crippen molar-refractivity contribution in [1.82, 2.24) is 15.6 Å². The van der Waals surface area contributed by atoms with Crippen molar-refractivity contribution in [3.05, 3.63) is 59.5 Å². The Bertz CT molecular complexity index is 847. The third-order valence-electron chi connectivity index (χ3n) is 4.63. The Labute approximate surface area is 186 Å². The number of aliphatic imine (C=N–C) groups is 1. The third-order valence-corrected chi connectivity index (χ3v) is 4.63. The number of ether oxygens (including phenoxy) is 1.